The maximum Gasteiger partial charge on any atom is 0.341 e. The summed E-state index contributed by atoms with van der Waals surface area (Å²) >= 11 is 0. The van der Waals surface area contributed by atoms with Gasteiger partial charge in [-0.2, -0.15) is 5.10 Å². The van der Waals surface area contributed by atoms with Crippen LogP contribution in [-0.2, 0) is 0 Å². The zero-order valence-corrected chi connectivity index (χ0v) is 11.1. The number of H-pyrrole nitrogens is 2. The number of aromatic amines is 2. The summed E-state index contributed by atoms with van der Waals surface area (Å²) < 4.78 is 1.10. The van der Waals surface area contributed by atoms with Crippen molar-refractivity contribution < 1.29 is 9.90 Å². The summed E-state index contributed by atoms with van der Waals surface area (Å²) in [5.74, 6) is -1.15. The molecule has 0 unspecified atom stereocenters. The molecule has 108 valence electrons. The van der Waals surface area contributed by atoms with E-state index in [9.17, 15) is 9.59 Å². The third-order valence-corrected chi connectivity index (χ3v) is 3.46. The molecule has 0 aliphatic carbocycles. The van der Waals surface area contributed by atoms with Crippen LogP contribution in [-0.4, -0.2) is 35.9 Å². The second-order valence-electron chi connectivity index (χ2n) is 4.80. The zero-order valence-electron chi connectivity index (χ0n) is 11.1. The van der Waals surface area contributed by atoms with Gasteiger partial charge in [0.25, 0.3) is 5.56 Å². The number of aromatic carboxylic acids is 1. The Balaban J connectivity index is 1.99. The number of nitrogens with zero attached hydrogens (tertiary/aromatic N) is 3. The molecule has 1 aromatic carbocycles. The van der Waals surface area contributed by atoms with E-state index in [1.54, 1.807) is 12.3 Å². The van der Waals surface area contributed by atoms with E-state index in [1.165, 1.54) is 12.3 Å². The summed E-state index contributed by atoms with van der Waals surface area (Å²) in [6.45, 7) is 0. The molecule has 8 nitrogen and oxygen atoms in total. The molecule has 0 fully saturated rings. The van der Waals surface area contributed by atoms with Gasteiger partial charge in [0.05, 0.1) is 17.4 Å². The molecule has 8 heteroatoms. The van der Waals surface area contributed by atoms with Gasteiger partial charge in [0.2, 0.25) is 0 Å². The first-order valence-electron chi connectivity index (χ1n) is 6.41. The van der Waals surface area contributed by atoms with Crippen LogP contribution < -0.4 is 5.56 Å². The molecular weight excluding hydrogens is 286 g/mol. The fraction of sp³-hybridized carbons (Fsp3) is 0. The lowest BCUT2D eigenvalue weighted by Gasteiger charge is -2.02. The predicted octanol–water partition coefficient (Wildman–Crippen LogP) is 1.26. The van der Waals surface area contributed by atoms with Gasteiger partial charge < -0.3 is 5.11 Å². The molecule has 0 atom stereocenters. The molecule has 0 spiro atoms. The van der Waals surface area contributed by atoms with Crippen LogP contribution in [0, 0.1) is 0 Å². The summed E-state index contributed by atoms with van der Waals surface area (Å²) in [5.41, 5.74) is 1.65. The predicted molar refractivity (Wildman–Crippen MR) is 77.9 cm³/mol. The maximum atomic E-state index is 12.1. The Morgan fingerprint density at radius 2 is 2.14 bits per heavy atom. The van der Waals surface area contributed by atoms with E-state index in [0.29, 0.717) is 11.3 Å². The Morgan fingerprint density at radius 1 is 1.27 bits per heavy atom. The van der Waals surface area contributed by atoms with Crippen LogP contribution in [0.15, 0.2) is 41.5 Å². The highest BCUT2D eigenvalue weighted by atomic mass is 16.4. The lowest BCUT2D eigenvalue weighted by molar-refractivity contribution is 0.0699. The smallest absolute Gasteiger partial charge is 0.341 e. The molecule has 0 radical (unpaired) electrons. The first kappa shape index (κ1) is 12.3. The van der Waals surface area contributed by atoms with Gasteiger partial charge in [-0.25, -0.2) is 14.3 Å². The van der Waals surface area contributed by atoms with Crippen molar-refractivity contribution in [3.63, 3.8) is 0 Å². The van der Waals surface area contributed by atoms with Gasteiger partial charge in [0, 0.05) is 23.2 Å². The number of carboxylic acids is 1. The van der Waals surface area contributed by atoms with Crippen molar-refractivity contribution >= 4 is 22.5 Å². The number of carbonyl (C=O) groups is 1. The third-order valence-electron chi connectivity index (χ3n) is 3.46. The van der Waals surface area contributed by atoms with E-state index < -0.39 is 5.97 Å². The molecule has 0 amide bonds. The van der Waals surface area contributed by atoms with Gasteiger partial charge in [0.15, 0.2) is 5.65 Å². The molecule has 22 heavy (non-hydrogen) atoms. The Labute approximate surface area is 122 Å². The van der Waals surface area contributed by atoms with E-state index in [2.05, 4.69) is 20.3 Å². The molecule has 3 aromatic heterocycles. The number of aromatic nitrogens is 5. The zero-order chi connectivity index (χ0) is 15.3. The van der Waals surface area contributed by atoms with Crippen molar-refractivity contribution in [1.82, 2.24) is 24.8 Å². The molecule has 4 aromatic rings. The van der Waals surface area contributed by atoms with E-state index in [4.69, 9.17) is 5.11 Å². The number of nitrogens with one attached hydrogen (secondary N) is 2. The molecule has 0 aliphatic rings. The van der Waals surface area contributed by atoms with Gasteiger partial charge in [-0.05, 0) is 12.1 Å². The average Bonchev–Trinajstić information content (AvgIpc) is 3.12. The van der Waals surface area contributed by atoms with E-state index in [1.807, 2.05) is 12.1 Å². The molecule has 0 saturated heterocycles. The van der Waals surface area contributed by atoms with Crippen LogP contribution in [0.25, 0.3) is 27.8 Å². The SMILES string of the molecule is O=C(O)c1c[nH]n2c(=O)cc(-c3ccc4[nH]ncc4c3)nc12. The van der Waals surface area contributed by atoms with Gasteiger partial charge in [-0.3, -0.25) is 15.0 Å². The monoisotopic (exact) mass is 295 g/mol. The van der Waals surface area contributed by atoms with Crippen molar-refractivity contribution in [2.24, 2.45) is 0 Å². The number of hydrogen-bond acceptors (Lipinski definition) is 4. The summed E-state index contributed by atoms with van der Waals surface area (Å²) in [7, 11) is 0. The molecule has 4 rings (SSSR count). The van der Waals surface area contributed by atoms with Crippen LogP contribution in [0.2, 0.25) is 0 Å². The highest BCUT2D eigenvalue weighted by Gasteiger charge is 2.15. The third kappa shape index (κ3) is 1.71. The van der Waals surface area contributed by atoms with Gasteiger partial charge in [0.1, 0.15) is 5.56 Å². The van der Waals surface area contributed by atoms with E-state index >= 15 is 0 Å². The summed E-state index contributed by atoms with van der Waals surface area (Å²) in [6.07, 6.45) is 2.91. The van der Waals surface area contributed by atoms with E-state index in [-0.39, 0.29) is 16.8 Å². The number of benzene rings is 1. The van der Waals surface area contributed by atoms with Crippen molar-refractivity contribution in [2.45, 2.75) is 0 Å². The number of hydrogen-bond donors (Lipinski definition) is 3. The summed E-state index contributed by atoms with van der Waals surface area (Å²) in [5, 5.41) is 19.4. The Morgan fingerprint density at radius 3 is 2.95 bits per heavy atom. The fourth-order valence-corrected chi connectivity index (χ4v) is 2.39. The minimum atomic E-state index is -1.15. The summed E-state index contributed by atoms with van der Waals surface area (Å²) in [6, 6.07) is 6.82. The fourth-order valence-electron chi connectivity index (χ4n) is 2.39. The molecule has 3 heterocycles. The van der Waals surface area contributed by atoms with Crippen LogP contribution >= 0.6 is 0 Å². The van der Waals surface area contributed by atoms with Gasteiger partial charge in [-0.15, -0.1) is 0 Å². The largest absolute Gasteiger partial charge is 0.477 e. The highest BCUT2D eigenvalue weighted by Crippen LogP contribution is 2.21. The van der Waals surface area contributed by atoms with Crippen LogP contribution in [0.3, 0.4) is 0 Å². The number of rotatable bonds is 2. The Bertz CT molecular complexity index is 1090. The summed E-state index contributed by atoms with van der Waals surface area (Å²) in [4.78, 5) is 27.6. The topological polar surface area (TPSA) is 116 Å². The van der Waals surface area contributed by atoms with Crippen LogP contribution in [0.4, 0.5) is 0 Å². The lowest BCUT2D eigenvalue weighted by Crippen LogP contribution is -2.15. The van der Waals surface area contributed by atoms with Gasteiger partial charge >= 0.3 is 5.97 Å². The standard InChI is InChI=1S/C14H9N5O3/c20-12-4-11(7-1-2-10-8(3-7)5-15-18-10)17-13-9(14(21)22)6-16-19(12)13/h1-6,16H,(H,15,18)(H,21,22). The molecule has 0 saturated carbocycles. The van der Waals surface area contributed by atoms with Crippen LogP contribution in [0.1, 0.15) is 10.4 Å². The highest BCUT2D eigenvalue weighted by molar-refractivity contribution is 5.94. The average molecular weight is 295 g/mol. The normalized spacial score (nSPS) is 11.3. The first-order chi connectivity index (χ1) is 10.6. The quantitative estimate of drug-likeness (QED) is 0.515. The van der Waals surface area contributed by atoms with E-state index in [0.717, 1.165) is 15.4 Å². The molecule has 3 N–H and O–H groups in total. The van der Waals surface area contributed by atoms with Crippen molar-refractivity contribution in [1.29, 1.82) is 0 Å². The maximum absolute atomic E-state index is 12.1. The van der Waals surface area contributed by atoms with Gasteiger partial charge in [-0.1, -0.05) is 6.07 Å². The number of fused-ring (bicyclic) bond motifs is 2. The number of carboxylic acid groups (broad SMARTS) is 1. The second-order valence-corrected chi connectivity index (χ2v) is 4.80. The first-order valence-corrected chi connectivity index (χ1v) is 6.41. The minimum absolute atomic E-state index is 0.0525. The van der Waals surface area contributed by atoms with Crippen molar-refractivity contribution in [3.8, 4) is 11.3 Å². The molecule has 0 bridgehead atoms. The van der Waals surface area contributed by atoms with Crippen molar-refractivity contribution in [3.05, 3.63) is 52.6 Å². The lowest BCUT2D eigenvalue weighted by atomic mass is 10.1. The second kappa shape index (κ2) is 4.29. The van der Waals surface area contributed by atoms with Crippen LogP contribution in [0.5, 0.6) is 0 Å². The Kier molecular flexibility index (Phi) is 2.40. The minimum Gasteiger partial charge on any atom is -0.477 e. The molecule has 0 aliphatic heterocycles. The molecular formula is C14H9N5O3. The Hall–Kier alpha value is -3.42. The van der Waals surface area contributed by atoms with Crippen molar-refractivity contribution in [2.75, 3.05) is 0 Å².